The van der Waals surface area contributed by atoms with Crippen LogP contribution in [0, 0.1) is 12.3 Å². The Kier molecular flexibility index (Phi) is 7.68. The molecule has 198 valence electrons. The Morgan fingerprint density at radius 3 is 1.84 bits per heavy atom. The highest BCUT2D eigenvalue weighted by molar-refractivity contribution is 7.93. The average Bonchev–Trinajstić information content (AvgIpc) is 2.88. The molecule has 37 heavy (non-hydrogen) atoms. The smallest absolute Gasteiger partial charge is 0.268 e. The van der Waals surface area contributed by atoms with Crippen LogP contribution in [0.2, 0.25) is 0 Å². The Hall–Kier alpha value is -3.27. The van der Waals surface area contributed by atoms with Crippen molar-refractivity contribution in [2.75, 3.05) is 38.8 Å². The Labute approximate surface area is 218 Å². The maximum absolute atomic E-state index is 14.0. The second kappa shape index (κ2) is 10.6. The van der Waals surface area contributed by atoms with Crippen LogP contribution in [0.3, 0.4) is 0 Å². The van der Waals surface area contributed by atoms with Gasteiger partial charge in [0.25, 0.3) is 10.0 Å². The molecule has 0 saturated carbocycles. The molecule has 0 bridgehead atoms. The van der Waals surface area contributed by atoms with Gasteiger partial charge in [0.1, 0.15) is 0 Å². The van der Waals surface area contributed by atoms with Crippen molar-refractivity contribution >= 4 is 21.4 Å². The van der Waals surface area contributed by atoms with Crippen molar-refractivity contribution in [2.45, 2.75) is 32.0 Å². The molecule has 0 unspecified atom stereocenters. The number of anilines is 2. The summed E-state index contributed by atoms with van der Waals surface area (Å²) in [6.45, 7) is 7.20. The number of methoxy groups -OCH3 is 3. The summed E-state index contributed by atoms with van der Waals surface area (Å²) in [5.74, 6) is 1.04. The minimum Gasteiger partial charge on any atom is -0.493 e. The second-order valence-electron chi connectivity index (χ2n) is 9.68. The minimum atomic E-state index is -4.03. The number of hydrogen-bond acceptors (Lipinski definition) is 7. The Balaban J connectivity index is 1.81. The highest BCUT2D eigenvalue weighted by Gasteiger charge is 2.31. The predicted molar refractivity (Wildman–Crippen MR) is 141 cm³/mol. The van der Waals surface area contributed by atoms with Gasteiger partial charge in [-0.3, -0.25) is 0 Å². The quantitative estimate of drug-likeness (QED) is 0.376. The molecule has 0 amide bonds. The van der Waals surface area contributed by atoms with Crippen molar-refractivity contribution in [3.63, 3.8) is 0 Å². The fourth-order valence-electron chi connectivity index (χ4n) is 4.08. The molecule has 1 aliphatic rings. The van der Waals surface area contributed by atoms with Gasteiger partial charge >= 0.3 is 0 Å². The third kappa shape index (κ3) is 5.53. The fourth-order valence-corrected chi connectivity index (χ4v) is 5.55. The van der Waals surface area contributed by atoms with Gasteiger partial charge in [0, 0.05) is 23.1 Å². The third-order valence-electron chi connectivity index (χ3n) is 6.09. The zero-order valence-corrected chi connectivity index (χ0v) is 22.8. The molecule has 0 radical (unpaired) electrons. The van der Waals surface area contributed by atoms with Gasteiger partial charge in [-0.05, 0) is 31.2 Å². The molecule has 1 heterocycles. The van der Waals surface area contributed by atoms with Crippen LogP contribution in [-0.2, 0) is 19.5 Å². The Bertz CT molecular complexity index is 1300. The van der Waals surface area contributed by atoms with E-state index >= 15 is 0 Å². The van der Waals surface area contributed by atoms with E-state index in [2.05, 4.69) is 13.8 Å². The van der Waals surface area contributed by atoms with E-state index in [1.54, 1.807) is 48.5 Å². The van der Waals surface area contributed by atoms with E-state index in [9.17, 15) is 8.42 Å². The molecule has 9 heteroatoms. The standard InChI is InChI=1S/C28H33NO7S/c1-19-7-13-23(14-8-19)37(30,31)29(22-15-24(32-4)26(34-6)25(16-22)33-5)21-11-9-20(10-12-21)27-35-17-28(2,3)18-36-27/h7-16,27H,17-18H2,1-6H3. The first-order chi connectivity index (χ1) is 17.6. The summed E-state index contributed by atoms with van der Waals surface area (Å²) in [4.78, 5) is 0.150. The van der Waals surface area contributed by atoms with Crippen LogP contribution in [0.4, 0.5) is 11.4 Å². The number of benzene rings is 3. The molecule has 1 saturated heterocycles. The van der Waals surface area contributed by atoms with Gasteiger partial charge in [0.2, 0.25) is 5.75 Å². The average molecular weight is 528 g/mol. The summed E-state index contributed by atoms with van der Waals surface area (Å²) in [5.41, 5.74) is 2.46. The van der Waals surface area contributed by atoms with Gasteiger partial charge in [-0.15, -0.1) is 0 Å². The summed E-state index contributed by atoms with van der Waals surface area (Å²) in [6, 6.07) is 17.0. The lowest BCUT2D eigenvalue weighted by Gasteiger charge is -2.34. The summed E-state index contributed by atoms with van der Waals surface area (Å²) in [6.07, 6.45) is -0.509. The number of sulfonamides is 1. The van der Waals surface area contributed by atoms with E-state index in [0.717, 1.165) is 11.1 Å². The largest absolute Gasteiger partial charge is 0.493 e. The van der Waals surface area contributed by atoms with Crippen molar-refractivity contribution in [3.8, 4) is 17.2 Å². The highest BCUT2D eigenvalue weighted by Crippen LogP contribution is 2.44. The van der Waals surface area contributed by atoms with Crippen LogP contribution in [-0.4, -0.2) is 43.0 Å². The fraction of sp³-hybridized carbons (Fsp3) is 0.357. The third-order valence-corrected chi connectivity index (χ3v) is 7.86. The van der Waals surface area contributed by atoms with E-state index in [1.807, 2.05) is 19.1 Å². The molecule has 3 aromatic rings. The van der Waals surface area contributed by atoms with Crippen LogP contribution < -0.4 is 18.5 Å². The van der Waals surface area contributed by atoms with E-state index in [4.69, 9.17) is 23.7 Å². The summed E-state index contributed by atoms with van der Waals surface area (Å²) in [5, 5.41) is 0. The molecule has 1 fully saturated rings. The van der Waals surface area contributed by atoms with Crippen LogP contribution in [0.25, 0.3) is 0 Å². The van der Waals surface area contributed by atoms with E-state index in [0.29, 0.717) is 41.8 Å². The normalized spacial score (nSPS) is 15.7. The van der Waals surface area contributed by atoms with Crippen molar-refractivity contribution in [1.82, 2.24) is 0 Å². The molecular weight excluding hydrogens is 494 g/mol. The van der Waals surface area contributed by atoms with E-state index in [-0.39, 0.29) is 10.3 Å². The lowest BCUT2D eigenvalue weighted by molar-refractivity contribution is -0.226. The monoisotopic (exact) mass is 527 g/mol. The van der Waals surface area contributed by atoms with Crippen molar-refractivity contribution in [2.24, 2.45) is 5.41 Å². The maximum atomic E-state index is 14.0. The van der Waals surface area contributed by atoms with Crippen LogP contribution in [0.15, 0.2) is 65.6 Å². The van der Waals surface area contributed by atoms with E-state index in [1.165, 1.54) is 25.6 Å². The van der Waals surface area contributed by atoms with Gasteiger partial charge in [0.05, 0.1) is 50.8 Å². The number of nitrogens with zero attached hydrogens (tertiary/aromatic N) is 1. The van der Waals surface area contributed by atoms with Crippen LogP contribution in [0.1, 0.15) is 31.3 Å². The summed E-state index contributed by atoms with van der Waals surface area (Å²) >= 11 is 0. The first-order valence-electron chi connectivity index (χ1n) is 11.8. The molecule has 0 aromatic heterocycles. The molecule has 8 nitrogen and oxygen atoms in total. The van der Waals surface area contributed by atoms with E-state index < -0.39 is 16.3 Å². The van der Waals surface area contributed by atoms with Crippen LogP contribution in [0.5, 0.6) is 17.2 Å². The lowest BCUT2D eigenvalue weighted by atomic mass is 9.95. The van der Waals surface area contributed by atoms with Gasteiger partial charge in [-0.25, -0.2) is 12.7 Å². The molecule has 0 spiro atoms. The highest BCUT2D eigenvalue weighted by atomic mass is 32.2. The number of ether oxygens (including phenoxy) is 5. The molecule has 3 aromatic carbocycles. The minimum absolute atomic E-state index is 0.0537. The molecule has 0 N–H and O–H groups in total. The summed E-state index contributed by atoms with van der Waals surface area (Å²) in [7, 11) is 0.441. The molecular formula is C28H33NO7S. The predicted octanol–water partition coefficient (Wildman–Crippen LogP) is 5.62. The van der Waals surface area contributed by atoms with Crippen molar-refractivity contribution in [3.05, 3.63) is 71.8 Å². The second-order valence-corrected chi connectivity index (χ2v) is 11.5. The SMILES string of the molecule is COc1cc(N(c2ccc(C3OCC(C)(C)CO3)cc2)S(=O)(=O)c2ccc(C)cc2)cc(OC)c1OC. The zero-order valence-electron chi connectivity index (χ0n) is 22.0. The van der Waals surface area contributed by atoms with Gasteiger partial charge in [-0.1, -0.05) is 43.7 Å². The molecule has 1 aliphatic heterocycles. The first kappa shape index (κ1) is 26.8. The molecule has 0 atom stereocenters. The maximum Gasteiger partial charge on any atom is 0.268 e. The molecule has 0 aliphatic carbocycles. The number of hydrogen-bond donors (Lipinski definition) is 0. The van der Waals surface area contributed by atoms with Gasteiger partial charge in [-0.2, -0.15) is 0 Å². The Morgan fingerprint density at radius 2 is 1.35 bits per heavy atom. The summed E-state index contributed by atoms with van der Waals surface area (Å²) < 4.78 is 57.5. The van der Waals surface area contributed by atoms with Crippen molar-refractivity contribution in [1.29, 1.82) is 0 Å². The lowest BCUT2D eigenvalue weighted by Crippen LogP contribution is -2.33. The number of aryl methyl sites for hydroxylation is 1. The molecule has 4 rings (SSSR count). The van der Waals surface area contributed by atoms with Crippen molar-refractivity contribution < 1.29 is 32.1 Å². The Morgan fingerprint density at radius 1 is 0.811 bits per heavy atom. The van der Waals surface area contributed by atoms with Gasteiger partial charge < -0.3 is 23.7 Å². The van der Waals surface area contributed by atoms with Crippen LogP contribution >= 0.6 is 0 Å². The topological polar surface area (TPSA) is 83.5 Å². The first-order valence-corrected chi connectivity index (χ1v) is 13.3. The van der Waals surface area contributed by atoms with Gasteiger partial charge in [0.15, 0.2) is 17.8 Å². The number of rotatable bonds is 8. The zero-order chi connectivity index (χ0) is 26.8.